The number of nitrogens with one attached hydrogen (secondary N) is 2. The van der Waals surface area contributed by atoms with E-state index in [1.807, 2.05) is 6.92 Å². The molecule has 0 bridgehead atoms. The third-order valence-electron chi connectivity index (χ3n) is 2.61. The van der Waals surface area contributed by atoms with Crippen molar-refractivity contribution in [2.45, 2.75) is 6.92 Å². The molecule has 0 fully saturated rings. The fourth-order valence-electron chi connectivity index (χ4n) is 1.71. The molecule has 1 aromatic heterocycles. The van der Waals surface area contributed by atoms with Crippen LogP contribution in [0.4, 0.5) is 11.4 Å². The highest BCUT2D eigenvalue weighted by Crippen LogP contribution is 2.26. The van der Waals surface area contributed by atoms with Crippen LogP contribution in [-0.4, -0.2) is 17.4 Å². The predicted molar refractivity (Wildman–Crippen MR) is 82.8 cm³/mol. The molecule has 2 N–H and O–H groups in total. The van der Waals surface area contributed by atoms with Crippen LogP contribution in [0.2, 0.25) is 10.0 Å². The molecule has 1 heterocycles. The van der Waals surface area contributed by atoms with Crippen molar-refractivity contribution in [1.82, 2.24) is 4.98 Å². The minimum absolute atomic E-state index is 0.271. The van der Waals surface area contributed by atoms with E-state index in [1.165, 1.54) is 0 Å². The summed E-state index contributed by atoms with van der Waals surface area (Å²) >= 11 is 11.9. The Balaban J connectivity index is 2.26. The van der Waals surface area contributed by atoms with Gasteiger partial charge < -0.3 is 10.6 Å². The second-order valence-electron chi connectivity index (χ2n) is 4.03. The highest BCUT2D eigenvalue weighted by atomic mass is 35.5. The van der Waals surface area contributed by atoms with Gasteiger partial charge in [0.1, 0.15) is 0 Å². The van der Waals surface area contributed by atoms with Crippen LogP contribution in [0, 0.1) is 0 Å². The van der Waals surface area contributed by atoms with E-state index in [4.69, 9.17) is 23.2 Å². The van der Waals surface area contributed by atoms with Crippen molar-refractivity contribution in [3.8, 4) is 0 Å². The highest BCUT2D eigenvalue weighted by Gasteiger charge is 2.13. The average molecular weight is 310 g/mol. The fourth-order valence-corrected chi connectivity index (χ4v) is 2.04. The molecule has 4 nitrogen and oxygen atoms in total. The molecule has 20 heavy (non-hydrogen) atoms. The van der Waals surface area contributed by atoms with Crippen molar-refractivity contribution in [2.24, 2.45) is 0 Å². The first-order valence-electron chi connectivity index (χ1n) is 6.06. The number of hydrogen-bond acceptors (Lipinski definition) is 3. The quantitative estimate of drug-likeness (QED) is 0.895. The lowest BCUT2D eigenvalue weighted by Gasteiger charge is -2.11. The van der Waals surface area contributed by atoms with Gasteiger partial charge in [-0.05, 0) is 31.2 Å². The number of anilines is 2. The fraction of sp³-hybridized carbons (Fsp3) is 0.143. The average Bonchev–Trinajstić information content (AvgIpc) is 2.44. The summed E-state index contributed by atoms with van der Waals surface area (Å²) in [5.74, 6) is -0.271. The van der Waals surface area contributed by atoms with E-state index in [2.05, 4.69) is 15.6 Å². The number of carbonyl (C=O) groups excluding carboxylic acids is 1. The van der Waals surface area contributed by atoms with Crippen molar-refractivity contribution in [3.63, 3.8) is 0 Å². The molecule has 0 atom stereocenters. The Hall–Kier alpha value is -1.78. The number of nitrogens with zero attached hydrogens (tertiary/aromatic N) is 1. The van der Waals surface area contributed by atoms with Crippen molar-refractivity contribution < 1.29 is 4.79 Å². The second-order valence-corrected chi connectivity index (χ2v) is 4.87. The summed E-state index contributed by atoms with van der Waals surface area (Å²) in [6.45, 7) is 2.65. The molecule has 0 aliphatic heterocycles. The number of pyridine rings is 1. The van der Waals surface area contributed by atoms with Crippen molar-refractivity contribution >= 4 is 40.5 Å². The summed E-state index contributed by atoms with van der Waals surface area (Å²) in [4.78, 5) is 16.3. The van der Waals surface area contributed by atoms with Gasteiger partial charge in [-0.25, -0.2) is 0 Å². The zero-order valence-corrected chi connectivity index (χ0v) is 12.3. The first kappa shape index (κ1) is 14.6. The largest absolute Gasteiger partial charge is 0.383 e. The summed E-state index contributed by atoms with van der Waals surface area (Å²) in [6.07, 6.45) is 3.17. The molecule has 0 aliphatic rings. The molecule has 1 amide bonds. The third kappa shape index (κ3) is 3.40. The Bertz CT molecular complexity index is 632. The number of hydrogen-bond donors (Lipinski definition) is 2. The monoisotopic (exact) mass is 309 g/mol. The standard InChI is InChI=1S/C14H13Cl2N3O/c1-2-18-13-8-17-6-5-10(13)14(20)19-12-7-9(15)3-4-11(12)16/h3-8,18H,2H2,1H3,(H,19,20). The zero-order chi connectivity index (χ0) is 14.5. The van der Waals surface area contributed by atoms with E-state index in [-0.39, 0.29) is 5.91 Å². The number of amides is 1. The van der Waals surface area contributed by atoms with Crippen LogP contribution in [0.3, 0.4) is 0 Å². The lowest BCUT2D eigenvalue weighted by Crippen LogP contribution is -2.15. The van der Waals surface area contributed by atoms with Crippen molar-refractivity contribution in [1.29, 1.82) is 0 Å². The maximum Gasteiger partial charge on any atom is 0.257 e. The molecular weight excluding hydrogens is 297 g/mol. The highest BCUT2D eigenvalue weighted by molar-refractivity contribution is 6.36. The normalized spacial score (nSPS) is 10.2. The first-order valence-corrected chi connectivity index (χ1v) is 6.81. The van der Waals surface area contributed by atoms with E-state index < -0.39 is 0 Å². The maximum atomic E-state index is 12.3. The van der Waals surface area contributed by atoms with E-state index in [9.17, 15) is 4.79 Å². The molecule has 6 heteroatoms. The Morgan fingerprint density at radius 1 is 1.25 bits per heavy atom. The van der Waals surface area contributed by atoms with E-state index >= 15 is 0 Å². The van der Waals surface area contributed by atoms with Crippen molar-refractivity contribution in [3.05, 3.63) is 52.3 Å². The molecule has 0 saturated carbocycles. The molecule has 104 valence electrons. The maximum absolute atomic E-state index is 12.3. The summed E-state index contributed by atoms with van der Waals surface area (Å²) < 4.78 is 0. The molecule has 0 unspecified atom stereocenters. The summed E-state index contributed by atoms with van der Waals surface area (Å²) in [5, 5.41) is 6.77. The molecule has 0 saturated heterocycles. The van der Waals surface area contributed by atoms with Gasteiger partial charge in [0.2, 0.25) is 0 Å². The molecule has 0 aliphatic carbocycles. The van der Waals surface area contributed by atoms with Crippen LogP contribution in [0.1, 0.15) is 17.3 Å². The van der Waals surface area contributed by atoms with Gasteiger partial charge in [-0.15, -0.1) is 0 Å². The minimum atomic E-state index is -0.271. The van der Waals surface area contributed by atoms with E-state index in [0.29, 0.717) is 33.5 Å². The first-order chi connectivity index (χ1) is 9.61. The van der Waals surface area contributed by atoms with Gasteiger partial charge in [0, 0.05) is 17.8 Å². The van der Waals surface area contributed by atoms with Crippen LogP contribution in [-0.2, 0) is 0 Å². The number of benzene rings is 1. The Kier molecular flexibility index (Phi) is 4.82. The van der Waals surface area contributed by atoms with Crippen LogP contribution in [0.25, 0.3) is 0 Å². The summed E-state index contributed by atoms with van der Waals surface area (Å²) in [7, 11) is 0. The second kappa shape index (κ2) is 6.59. The topological polar surface area (TPSA) is 54.0 Å². The van der Waals surface area contributed by atoms with Gasteiger partial charge in [-0.2, -0.15) is 0 Å². The Labute approximate surface area is 127 Å². The molecule has 0 spiro atoms. The predicted octanol–water partition coefficient (Wildman–Crippen LogP) is 4.07. The van der Waals surface area contributed by atoms with E-state index in [0.717, 1.165) is 0 Å². The van der Waals surface area contributed by atoms with Gasteiger partial charge >= 0.3 is 0 Å². The molecule has 2 rings (SSSR count). The van der Waals surface area contributed by atoms with Crippen LogP contribution in [0.5, 0.6) is 0 Å². The van der Waals surface area contributed by atoms with E-state index in [1.54, 1.807) is 36.7 Å². The van der Waals surface area contributed by atoms with Crippen molar-refractivity contribution in [2.75, 3.05) is 17.2 Å². The van der Waals surface area contributed by atoms with Gasteiger partial charge in [0.05, 0.1) is 28.2 Å². The minimum Gasteiger partial charge on any atom is -0.383 e. The lowest BCUT2D eigenvalue weighted by atomic mass is 10.2. The molecule has 2 aromatic rings. The Morgan fingerprint density at radius 2 is 2.05 bits per heavy atom. The zero-order valence-electron chi connectivity index (χ0n) is 10.8. The van der Waals surface area contributed by atoms with Gasteiger partial charge in [0.25, 0.3) is 5.91 Å². The number of carbonyl (C=O) groups is 1. The van der Waals surface area contributed by atoms with Gasteiger partial charge in [0.15, 0.2) is 0 Å². The molecule has 0 radical (unpaired) electrons. The van der Waals surface area contributed by atoms with Gasteiger partial charge in [-0.3, -0.25) is 9.78 Å². The Morgan fingerprint density at radius 3 is 2.80 bits per heavy atom. The molecular formula is C14H13Cl2N3O. The number of halogens is 2. The smallest absolute Gasteiger partial charge is 0.257 e. The van der Waals surface area contributed by atoms with Crippen LogP contribution >= 0.6 is 23.2 Å². The summed E-state index contributed by atoms with van der Waals surface area (Å²) in [5.41, 5.74) is 1.65. The number of aromatic nitrogens is 1. The lowest BCUT2D eigenvalue weighted by molar-refractivity contribution is 0.102. The van der Waals surface area contributed by atoms with Gasteiger partial charge in [-0.1, -0.05) is 23.2 Å². The van der Waals surface area contributed by atoms with Crippen LogP contribution in [0.15, 0.2) is 36.7 Å². The third-order valence-corrected chi connectivity index (χ3v) is 3.17. The SMILES string of the molecule is CCNc1cnccc1C(=O)Nc1cc(Cl)ccc1Cl. The van der Waals surface area contributed by atoms with Crippen LogP contribution < -0.4 is 10.6 Å². The molecule has 1 aromatic carbocycles. The summed E-state index contributed by atoms with van der Waals surface area (Å²) in [6, 6.07) is 6.55. The number of rotatable bonds is 4.